The van der Waals surface area contributed by atoms with Crippen molar-refractivity contribution in [3.63, 3.8) is 0 Å². The number of rotatable bonds is 9. The molecule has 2 aromatic carbocycles. The molecule has 2 heterocycles. The first-order chi connectivity index (χ1) is 16.3. The lowest BCUT2D eigenvalue weighted by Gasteiger charge is -2.25. The number of benzene rings is 2. The molecule has 0 aliphatic carbocycles. The van der Waals surface area contributed by atoms with E-state index in [2.05, 4.69) is 36.4 Å². The van der Waals surface area contributed by atoms with Crippen molar-refractivity contribution in [2.45, 2.75) is 57.5 Å². The minimum Gasteiger partial charge on any atom is -0.445 e. The van der Waals surface area contributed by atoms with Gasteiger partial charge in [-0.25, -0.2) is 4.79 Å². The molecule has 33 heavy (non-hydrogen) atoms. The molecule has 5 nitrogen and oxygen atoms in total. The summed E-state index contributed by atoms with van der Waals surface area (Å²) < 4.78 is 17.5. The molecular weight excluding hydrogens is 414 g/mol. The van der Waals surface area contributed by atoms with E-state index >= 15 is 0 Å². The average Bonchev–Trinajstić information content (AvgIpc) is 3.35. The lowest BCUT2D eigenvalue weighted by Crippen LogP contribution is -2.35. The van der Waals surface area contributed by atoms with Crippen LogP contribution >= 0.6 is 0 Å². The number of ether oxygens (including phenoxy) is 3. The quantitative estimate of drug-likeness (QED) is 0.458. The third kappa shape index (κ3) is 7.44. The first-order valence-corrected chi connectivity index (χ1v) is 12.2. The molecule has 0 bridgehead atoms. The molecule has 2 aromatic rings. The van der Waals surface area contributed by atoms with Crippen LogP contribution in [0, 0.1) is 5.92 Å². The van der Waals surface area contributed by atoms with Gasteiger partial charge in [-0.1, -0.05) is 72.8 Å². The standard InChI is InChI=1S/C28H35NO4/c30-28(33-21-24-12-5-2-6-13-24)29-18-9-14-26(29)17-16-25(20-23-10-3-1-4-11-23)22-32-27-15-7-8-19-31-27/h1-6,10-13,16-17,25-27H,7-9,14-15,18-22H2/b17-16-/t25?,26-,27?/m0/s1. The van der Waals surface area contributed by atoms with Crippen LogP contribution in [0.2, 0.25) is 0 Å². The number of hydrogen-bond donors (Lipinski definition) is 0. The summed E-state index contributed by atoms with van der Waals surface area (Å²) in [5.74, 6) is 0.223. The van der Waals surface area contributed by atoms with Gasteiger partial charge in [0.2, 0.25) is 0 Å². The van der Waals surface area contributed by atoms with E-state index in [-0.39, 0.29) is 24.3 Å². The Labute approximate surface area is 197 Å². The lowest BCUT2D eigenvalue weighted by atomic mass is 9.98. The Bertz CT molecular complexity index is 864. The Hall–Kier alpha value is -2.63. The summed E-state index contributed by atoms with van der Waals surface area (Å²) in [6.07, 6.45) is 10.2. The fourth-order valence-electron chi connectivity index (χ4n) is 4.48. The maximum Gasteiger partial charge on any atom is 0.410 e. The summed E-state index contributed by atoms with van der Waals surface area (Å²) in [5.41, 5.74) is 2.29. The Balaban J connectivity index is 1.35. The highest BCUT2D eigenvalue weighted by molar-refractivity contribution is 5.68. The van der Waals surface area contributed by atoms with E-state index in [9.17, 15) is 4.79 Å². The van der Waals surface area contributed by atoms with Crippen molar-refractivity contribution in [1.82, 2.24) is 4.90 Å². The number of likely N-dealkylation sites (tertiary alicyclic amines) is 1. The van der Waals surface area contributed by atoms with Crippen LogP contribution in [-0.4, -0.2) is 43.1 Å². The van der Waals surface area contributed by atoms with E-state index in [0.717, 1.165) is 57.2 Å². The minimum atomic E-state index is -0.238. The van der Waals surface area contributed by atoms with Crippen LogP contribution in [0.4, 0.5) is 4.79 Å². The van der Waals surface area contributed by atoms with Gasteiger partial charge in [0.05, 0.1) is 12.6 Å². The van der Waals surface area contributed by atoms with Gasteiger partial charge in [-0.2, -0.15) is 0 Å². The fraction of sp³-hybridized carbons (Fsp3) is 0.464. The molecular formula is C28H35NO4. The van der Waals surface area contributed by atoms with Crippen molar-refractivity contribution < 1.29 is 19.0 Å². The van der Waals surface area contributed by atoms with E-state index < -0.39 is 0 Å². The molecule has 2 aliphatic rings. The SMILES string of the molecule is O=C(OCc1ccccc1)N1CCC[C@H]1/C=C\C(COC1CCCCO1)Cc1ccccc1. The van der Waals surface area contributed by atoms with Crippen LogP contribution < -0.4 is 0 Å². The van der Waals surface area contributed by atoms with Crippen LogP contribution in [-0.2, 0) is 27.2 Å². The number of carbonyl (C=O) groups is 1. The van der Waals surface area contributed by atoms with Gasteiger partial charge in [0, 0.05) is 19.1 Å². The number of hydrogen-bond acceptors (Lipinski definition) is 4. The minimum absolute atomic E-state index is 0.0671. The largest absolute Gasteiger partial charge is 0.445 e. The van der Waals surface area contributed by atoms with Gasteiger partial charge >= 0.3 is 6.09 Å². The van der Waals surface area contributed by atoms with Gasteiger partial charge in [0.1, 0.15) is 6.61 Å². The maximum absolute atomic E-state index is 12.7. The summed E-state index contributed by atoms with van der Waals surface area (Å²) in [5, 5.41) is 0. The summed E-state index contributed by atoms with van der Waals surface area (Å²) in [6.45, 7) is 2.43. The summed E-state index contributed by atoms with van der Waals surface area (Å²) in [4.78, 5) is 14.6. The summed E-state index contributed by atoms with van der Waals surface area (Å²) in [6, 6.07) is 20.4. The molecule has 0 N–H and O–H groups in total. The highest BCUT2D eigenvalue weighted by atomic mass is 16.7. The number of amides is 1. The number of nitrogens with zero attached hydrogens (tertiary/aromatic N) is 1. The molecule has 5 heteroatoms. The predicted octanol–water partition coefficient (Wildman–Crippen LogP) is 5.75. The van der Waals surface area contributed by atoms with Gasteiger partial charge < -0.3 is 19.1 Å². The summed E-state index contributed by atoms with van der Waals surface area (Å²) >= 11 is 0. The highest BCUT2D eigenvalue weighted by Gasteiger charge is 2.28. The normalized spacial score (nSPS) is 21.9. The molecule has 1 amide bonds. The second kappa shape index (κ2) is 12.6. The Morgan fingerprint density at radius 2 is 1.76 bits per heavy atom. The molecule has 3 atom stereocenters. The van der Waals surface area contributed by atoms with Gasteiger partial charge in [-0.3, -0.25) is 0 Å². The van der Waals surface area contributed by atoms with Crippen molar-refractivity contribution in [3.8, 4) is 0 Å². The van der Waals surface area contributed by atoms with Crippen molar-refractivity contribution in [3.05, 3.63) is 83.9 Å². The first-order valence-electron chi connectivity index (χ1n) is 12.2. The van der Waals surface area contributed by atoms with Crippen molar-refractivity contribution >= 4 is 6.09 Å². The second-order valence-electron chi connectivity index (χ2n) is 8.91. The summed E-state index contributed by atoms with van der Waals surface area (Å²) in [7, 11) is 0. The van der Waals surface area contributed by atoms with E-state index in [1.54, 1.807) is 0 Å². The zero-order chi connectivity index (χ0) is 22.7. The Morgan fingerprint density at radius 3 is 2.48 bits per heavy atom. The van der Waals surface area contributed by atoms with E-state index in [0.29, 0.717) is 13.2 Å². The molecule has 0 spiro atoms. The molecule has 4 rings (SSSR count). The highest BCUT2D eigenvalue weighted by Crippen LogP contribution is 2.22. The topological polar surface area (TPSA) is 48.0 Å². The van der Waals surface area contributed by atoms with Gasteiger partial charge in [-0.05, 0) is 49.7 Å². The van der Waals surface area contributed by atoms with Crippen molar-refractivity contribution in [2.75, 3.05) is 19.8 Å². The smallest absolute Gasteiger partial charge is 0.410 e. The zero-order valence-electron chi connectivity index (χ0n) is 19.3. The maximum atomic E-state index is 12.7. The van der Waals surface area contributed by atoms with Gasteiger partial charge in [0.25, 0.3) is 0 Å². The van der Waals surface area contributed by atoms with Crippen LogP contribution in [0.5, 0.6) is 0 Å². The molecule has 176 valence electrons. The second-order valence-corrected chi connectivity index (χ2v) is 8.91. The number of carbonyl (C=O) groups excluding carboxylic acids is 1. The van der Waals surface area contributed by atoms with Crippen LogP contribution in [0.25, 0.3) is 0 Å². The third-order valence-electron chi connectivity index (χ3n) is 6.32. The molecule has 0 saturated carbocycles. The molecule has 0 radical (unpaired) electrons. The van der Waals surface area contributed by atoms with Crippen LogP contribution in [0.15, 0.2) is 72.8 Å². The fourth-order valence-corrected chi connectivity index (χ4v) is 4.48. The zero-order valence-corrected chi connectivity index (χ0v) is 19.3. The average molecular weight is 450 g/mol. The van der Waals surface area contributed by atoms with E-state index in [1.807, 2.05) is 41.3 Å². The molecule has 2 aliphatic heterocycles. The van der Waals surface area contributed by atoms with Gasteiger partial charge in [-0.15, -0.1) is 0 Å². The molecule has 2 saturated heterocycles. The molecule has 2 unspecified atom stereocenters. The lowest BCUT2D eigenvalue weighted by molar-refractivity contribution is -0.166. The van der Waals surface area contributed by atoms with Crippen LogP contribution in [0.3, 0.4) is 0 Å². The van der Waals surface area contributed by atoms with Crippen LogP contribution in [0.1, 0.15) is 43.2 Å². The first kappa shape index (κ1) is 23.5. The Morgan fingerprint density at radius 1 is 1.00 bits per heavy atom. The van der Waals surface area contributed by atoms with E-state index in [4.69, 9.17) is 14.2 Å². The van der Waals surface area contributed by atoms with Crippen molar-refractivity contribution in [2.24, 2.45) is 5.92 Å². The Kier molecular flexibility index (Phi) is 8.96. The third-order valence-corrected chi connectivity index (χ3v) is 6.32. The van der Waals surface area contributed by atoms with Gasteiger partial charge in [0.15, 0.2) is 6.29 Å². The molecule has 0 aromatic heterocycles. The predicted molar refractivity (Wildman–Crippen MR) is 129 cm³/mol. The monoisotopic (exact) mass is 449 g/mol. The molecule has 2 fully saturated rings. The van der Waals surface area contributed by atoms with Crippen molar-refractivity contribution in [1.29, 1.82) is 0 Å². The van der Waals surface area contributed by atoms with E-state index in [1.165, 1.54) is 5.56 Å².